The number of anilines is 2. The Morgan fingerprint density at radius 3 is 2.76 bits per heavy atom. The van der Waals surface area contributed by atoms with Crippen LogP contribution >= 0.6 is 0 Å². The lowest BCUT2D eigenvalue weighted by atomic mass is 9.97. The molecule has 0 spiro atoms. The van der Waals surface area contributed by atoms with Crippen LogP contribution in [0.2, 0.25) is 0 Å². The summed E-state index contributed by atoms with van der Waals surface area (Å²) in [4.78, 5) is 23.3. The summed E-state index contributed by atoms with van der Waals surface area (Å²) in [5.41, 5.74) is 2.09. The van der Waals surface area contributed by atoms with Crippen LogP contribution in [-0.2, 0) is 9.59 Å². The Kier molecular flexibility index (Phi) is 6.98. The third kappa shape index (κ3) is 6.21. The quantitative estimate of drug-likeness (QED) is 0.660. The molecule has 0 radical (unpaired) electrons. The maximum atomic E-state index is 13.6. The Morgan fingerprint density at radius 1 is 1.28 bits per heavy atom. The number of allylic oxidation sites excluding steroid dienone is 1. The van der Waals surface area contributed by atoms with Crippen LogP contribution in [0.5, 0.6) is 0 Å². The van der Waals surface area contributed by atoms with Crippen molar-refractivity contribution in [2.24, 2.45) is 0 Å². The van der Waals surface area contributed by atoms with Crippen LogP contribution in [0.1, 0.15) is 46.0 Å². The number of benzene rings is 1. The summed E-state index contributed by atoms with van der Waals surface area (Å²) in [6.45, 7) is 3.69. The molecular formula is C19H26FN3O2. The van der Waals surface area contributed by atoms with Gasteiger partial charge in [-0.25, -0.2) is 4.39 Å². The van der Waals surface area contributed by atoms with Gasteiger partial charge >= 0.3 is 0 Å². The lowest BCUT2D eigenvalue weighted by Crippen LogP contribution is -2.38. The number of hydrogen-bond acceptors (Lipinski definition) is 3. The number of carbonyl (C=O) groups is 2. The second kappa shape index (κ2) is 9.20. The number of rotatable bonds is 7. The number of amides is 2. The standard InChI is InChI=1S/C19H26FN3O2/c1-13(19(25)21-11-10-15-6-4-3-5-7-15)22-16-8-9-17(20)18(12-16)23-14(2)24/h6,8-9,12-13,22H,3-5,7,10-11H2,1-2H3,(H,21,25)(H,23,24)/t13-/m1/s1. The minimum absolute atomic E-state index is 0.0920. The Labute approximate surface area is 148 Å². The molecular weight excluding hydrogens is 321 g/mol. The van der Waals surface area contributed by atoms with Gasteiger partial charge in [0, 0.05) is 19.2 Å². The number of nitrogens with one attached hydrogen (secondary N) is 3. The zero-order chi connectivity index (χ0) is 18.2. The number of hydrogen-bond donors (Lipinski definition) is 3. The van der Waals surface area contributed by atoms with E-state index in [2.05, 4.69) is 22.0 Å². The molecule has 6 heteroatoms. The maximum absolute atomic E-state index is 13.6. The predicted octanol–water partition coefficient (Wildman–Crippen LogP) is 3.59. The van der Waals surface area contributed by atoms with Crippen molar-refractivity contribution < 1.29 is 14.0 Å². The van der Waals surface area contributed by atoms with Gasteiger partial charge in [-0.3, -0.25) is 9.59 Å². The van der Waals surface area contributed by atoms with E-state index in [1.165, 1.54) is 43.5 Å². The molecule has 5 nitrogen and oxygen atoms in total. The highest BCUT2D eigenvalue weighted by Gasteiger charge is 2.14. The van der Waals surface area contributed by atoms with Gasteiger partial charge in [-0.2, -0.15) is 0 Å². The molecule has 0 aliphatic heterocycles. The first-order valence-corrected chi connectivity index (χ1v) is 8.75. The molecule has 1 atom stereocenters. The monoisotopic (exact) mass is 347 g/mol. The summed E-state index contributed by atoms with van der Waals surface area (Å²) < 4.78 is 13.6. The molecule has 0 fully saturated rings. The van der Waals surface area contributed by atoms with E-state index in [9.17, 15) is 14.0 Å². The summed E-state index contributed by atoms with van der Waals surface area (Å²) in [7, 11) is 0. The molecule has 1 aliphatic carbocycles. The predicted molar refractivity (Wildman–Crippen MR) is 98.0 cm³/mol. The van der Waals surface area contributed by atoms with Gasteiger partial charge in [0.1, 0.15) is 11.9 Å². The average molecular weight is 347 g/mol. The Hall–Kier alpha value is -2.37. The maximum Gasteiger partial charge on any atom is 0.242 e. The zero-order valence-electron chi connectivity index (χ0n) is 14.8. The number of carbonyl (C=O) groups excluding carboxylic acids is 2. The summed E-state index contributed by atoms with van der Waals surface area (Å²) in [6, 6.07) is 3.81. The van der Waals surface area contributed by atoms with E-state index in [0.29, 0.717) is 12.2 Å². The van der Waals surface area contributed by atoms with Crippen molar-refractivity contribution in [1.29, 1.82) is 0 Å². The highest BCUT2D eigenvalue weighted by molar-refractivity contribution is 5.90. The molecule has 1 aliphatic rings. The van der Waals surface area contributed by atoms with E-state index in [1.807, 2.05) is 0 Å². The van der Waals surface area contributed by atoms with E-state index in [0.717, 1.165) is 19.3 Å². The van der Waals surface area contributed by atoms with Gasteiger partial charge in [0.15, 0.2) is 0 Å². The summed E-state index contributed by atoms with van der Waals surface area (Å²) in [6.07, 6.45) is 7.93. The molecule has 25 heavy (non-hydrogen) atoms. The first-order chi connectivity index (χ1) is 12.0. The lowest BCUT2D eigenvalue weighted by Gasteiger charge is -2.17. The van der Waals surface area contributed by atoms with Crippen LogP contribution in [-0.4, -0.2) is 24.4 Å². The van der Waals surface area contributed by atoms with Gasteiger partial charge in [-0.05, 0) is 57.2 Å². The second-order valence-corrected chi connectivity index (χ2v) is 6.39. The first-order valence-electron chi connectivity index (χ1n) is 8.75. The SMILES string of the molecule is CC(=O)Nc1cc(N[C@H](C)C(=O)NCCC2=CCCCC2)ccc1F. The molecule has 0 bridgehead atoms. The lowest BCUT2D eigenvalue weighted by molar-refractivity contribution is -0.121. The van der Waals surface area contributed by atoms with E-state index in [1.54, 1.807) is 6.92 Å². The molecule has 0 saturated carbocycles. The summed E-state index contributed by atoms with van der Waals surface area (Å²) in [5.74, 6) is -0.973. The minimum atomic E-state index is -0.515. The van der Waals surface area contributed by atoms with Gasteiger partial charge < -0.3 is 16.0 Å². The van der Waals surface area contributed by atoms with Gasteiger partial charge in [-0.15, -0.1) is 0 Å². The van der Waals surface area contributed by atoms with E-state index in [-0.39, 0.29) is 17.5 Å². The molecule has 2 amide bonds. The Morgan fingerprint density at radius 2 is 2.08 bits per heavy atom. The highest BCUT2D eigenvalue weighted by Crippen LogP contribution is 2.21. The molecule has 2 rings (SSSR count). The summed E-state index contributed by atoms with van der Waals surface area (Å²) >= 11 is 0. The Balaban J connectivity index is 1.83. The highest BCUT2D eigenvalue weighted by atomic mass is 19.1. The summed E-state index contributed by atoms with van der Waals surface area (Å²) in [5, 5.41) is 8.37. The van der Waals surface area contributed by atoms with E-state index < -0.39 is 11.9 Å². The van der Waals surface area contributed by atoms with Crippen LogP contribution in [0.15, 0.2) is 29.8 Å². The molecule has 0 unspecified atom stereocenters. The first kappa shape index (κ1) is 19.0. The van der Waals surface area contributed by atoms with Crippen molar-refractivity contribution in [3.8, 4) is 0 Å². The zero-order valence-corrected chi connectivity index (χ0v) is 14.8. The number of halogens is 1. The fourth-order valence-electron chi connectivity index (χ4n) is 2.85. The largest absolute Gasteiger partial charge is 0.374 e. The smallest absolute Gasteiger partial charge is 0.242 e. The average Bonchev–Trinajstić information content (AvgIpc) is 2.58. The van der Waals surface area contributed by atoms with Gasteiger partial charge in [0.2, 0.25) is 11.8 Å². The molecule has 3 N–H and O–H groups in total. The van der Waals surface area contributed by atoms with Crippen molar-refractivity contribution in [1.82, 2.24) is 5.32 Å². The third-order valence-electron chi connectivity index (χ3n) is 4.18. The normalized spacial score (nSPS) is 15.1. The van der Waals surface area contributed by atoms with Crippen LogP contribution in [0, 0.1) is 5.82 Å². The van der Waals surface area contributed by atoms with Gasteiger partial charge in [-0.1, -0.05) is 11.6 Å². The van der Waals surface area contributed by atoms with E-state index >= 15 is 0 Å². The molecule has 1 aromatic carbocycles. The van der Waals surface area contributed by atoms with Crippen LogP contribution in [0.3, 0.4) is 0 Å². The van der Waals surface area contributed by atoms with Crippen LogP contribution in [0.25, 0.3) is 0 Å². The van der Waals surface area contributed by atoms with Crippen molar-refractivity contribution in [3.63, 3.8) is 0 Å². The fourth-order valence-corrected chi connectivity index (χ4v) is 2.85. The molecule has 136 valence electrons. The van der Waals surface area contributed by atoms with Crippen molar-refractivity contribution in [2.75, 3.05) is 17.2 Å². The van der Waals surface area contributed by atoms with Crippen molar-refractivity contribution in [3.05, 3.63) is 35.7 Å². The van der Waals surface area contributed by atoms with Crippen molar-refractivity contribution in [2.45, 2.75) is 52.0 Å². The van der Waals surface area contributed by atoms with Gasteiger partial charge in [0.25, 0.3) is 0 Å². The van der Waals surface area contributed by atoms with E-state index in [4.69, 9.17) is 0 Å². The molecule has 1 aromatic rings. The second-order valence-electron chi connectivity index (χ2n) is 6.39. The van der Waals surface area contributed by atoms with Crippen molar-refractivity contribution >= 4 is 23.2 Å². The topological polar surface area (TPSA) is 70.2 Å². The third-order valence-corrected chi connectivity index (χ3v) is 4.18. The molecule has 0 saturated heterocycles. The van der Waals surface area contributed by atoms with Crippen LogP contribution in [0.4, 0.5) is 15.8 Å². The molecule has 0 aromatic heterocycles. The van der Waals surface area contributed by atoms with Gasteiger partial charge in [0.05, 0.1) is 5.69 Å². The minimum Gasteiger partial charge on any atom is -0.374 e. The fraction of sp³-hybridized carbons (Fsp3) is 0.474. The van der Waals surface area contributed by atoms with Crippen LogP contribution < -0.4 is 16.0 Å². The Bertz CT molecular complexity index is 658. The molecule has 0 heterocycles.